The van der Waals surface area contributed by atoms with Crippen LogP contribution in [0.3, 0.4) is 0 Å². The van der Waals surface area contributed by atoms with Crippen LogP contribution in [-0.4, -0.2) is 71.8 Å². The Morgan fingerprint density at radius 3 is 2.68 bits per heavy atom. The predicted octanol–water partition coefficient (Wildman–Crippen LogP) is 1.16. The van der Waals surface area contributed by atoms with E-state index in [1.54, 1.807) is 0 Å². The van der Waals surface area contributed by atoms with E-state index in [4.69, 9.17) is 4.99 Å². The number of nitrogens with one attached hydrogen (secondary N) is 2. The zero-order valence-electron chi connectivity index (χ0n) is 21.5. The maximum Gasteiger partial charge on any atom is 0.303 e. The number of aliphatic imine (C=N–C) groups is 1. The number of carbonyl (C=O) groups excluding carboxylic acids is 1. The molecule has 9 heteroatoms. The number of aliphatic carboxylic acids is 1. The van der Waals surface area contributed by atoms with Gasteiger partial charge in [0.15, 0.2) is 5.96 Å². The van der Waals surface area contributed by atoms with E-state index in [1.807, 2.05) is 47.4 Å². The minimum atomic E-state index is -0.787. The molecular formula is C29H35N5O4. The molecule has 4 N–H and O–H groups in total. The fourth-order valence-electron chi connectivity index (χ4n) is 5.78. The molecule has 2 atom stereocenters. The third-order valence-electron chi connectivity index (χ3n) is 7.90. The Kier molecular flexibility index (Phi) is 7.74. The molecule has 38 heavy (non-hydrogen) atoms. The molecule has 1 fully saturated rings. The summed E-state index contributed by atoms with van der Waals surface area (Å²) >= 11 is 0. The van der Waals surface area contributed by atoms with Gasteiger partial charge in [-0.15, -0.1) is 0 Å². The molecule has 0 aromatic heterocycles. The average molecular weight is 518 g/mol. The van der Waals surface area contributed by atoms with Crippen molar-refractivity contribution in [2.24, 2.45) is 21.3 Å². The highest BCUT2D eigenvalue weighted by Crippen LogP contribution is 2.42. The highest BCUT2D eigenvalue weighted by molar-refractivity contribution is 5.94. The van der Waals surface area contributed by atoms with Crippen LogP contribution < -0.4 is 21.2 Å². The minimum absolute atomic E-state index is 0.0964. The summed E-state index contributed by atoms with van der Waals surface area (Å²) in [5, 5.41) is 27.3. The maximum atomic E-state index is 13.2. The number of rotatable bonds is 7. The number of para-hydroxylation sites is 1. The first-order valence-corrected chi connectivity index (χ1v) is 13.3. The number of β-amino-alcohol motifs (C(OH)–C–C–N with tert-alkyl or cyclic N) is 1. The first-order chi connectivity index (χ1) is 18.4. The van der Waals surface area contributed by atoms with Crippen LogP contribution in [0.1, 0.15) is 31.2 Å². The predicted molar refractivity (Wildman–Crippen MR) is 145 cm³/mol. The van der Waals surface area contributed by atoms with Gasteiger partial charge in [-0.3, -0.25) is 19.6 Å². The standard InChI is InChI=1S/C29H35N5O4/c35-24-17-30-28(31-18-24)33-23-6-3-4-20(14-23)15-26(36)34-12-9-22(10-13-34)29(11-8-27(37)38)16-21-5-1-2-7-25(21)32-19-29/h1-7,14,16,22,24,35H,8-13,15,17-19H2,(H,37,38)(H2,30,31,33). The van der Waals surface area contributed by atoms with Gasteiger partial charge in [0, 0.05) is 43.7 Å². The van der Waals surface area contributed by atoms with Gasteiger partial charge in [0.05, 0.1) is 24.4 Å². The Balaban J connectivity index is 1.22. The summed E-state index contributed by atoms with van der Waals surface area (Å²) in [6.45, 7) is 2.73. The number of fused-ring (bicyclic) bond motifs is 1. The van der Waals surface area contributed by atoms with Gasteiger partial charge in [-0.2, -0.15) is 0 Å². The molecule has 2 aromatic carbocycles. The largest absolute Gasteiger partial charge is 0.481 e. The average Bonchev–Trinajstić information content (AvgIpc) is 2.93. The number of piperidine rings is 1. The Morgan fingerprint density at radius 2 is 1.92 bits per heavy atom. The van der Waals surface area contributed by atoms with Gasteiger partial charge in [-0.25, -0.2) is 0 Å². The number of carboxylic acids is 1. The molecule has 3 aliphatic heterocycles. The fraction of sp³-hybridized carbons (Fsp3) is 0.448. The number of aliphatic hydroxyl groups is 1. The van der Waals surface area contributed by atoms with Crippen LogP contribution in [0.4, 0.5) is 5.69 Å². The van der Waals surface area contributed by atoms with Crippen LogP contribution in [0.15, 0.2) is 58.5 Å². The highest BCUT2D eigenvalue weighted by Gasteiger charge is 2.40. The Labute approximate surface area is 222 Å². The van der Waals surface area contributed by atoms with E-state index in [0.29, 0.717) is 51.5 Å². The van der Waals surface area contributed by atoms with E-state index >= 15 is 0 Å². The van der Waals surface area contributed by atoms with Crippen molar-refractivity contribution < 1.29 is 19.8 Å². The lowest BCUT2D eigenvalue weighted by atomic mass is 9.67. The van der Waals surface area contributed by atoms with Crippen LogP contribution in [0.5, 0.6) is 0 Å². The Bertz CT molecular complexity index is 1330. The molecule has 1 saturated heterocycles. The highest BCUT2D eigenvalue weighted by atomic mass is 16.4. The molecule has 5 rings (SSSR count). The van der Waals surface area contributed by atoms with Crippen molar-refractivity contribution in [2.45, 2.75) is 38.2 Å². The van der Waals surface area contributed by atoms with Crippen LogP contribution in [0.25, 0.3) is 6.08 Å². The van der Waals surface area contributed by atoms with Gasteiger partial charge in [-0.05, 0) is 54.2 Å². The lowest BCUT2D eigenvalue weighted by Crippen LogP contribution is -2.47. The number of carboxylic acid groups (broad SMARTS) is 1. The molecule has 0 radical (unpaired) electrons. The molecule has 9 nitrogen and oxygen atoms in total. The third-order valence-corrected chi connectivity index (χ3v) is 7.90. The number of guanidine groups is 1. The first-order valence-electron chi connectivity index (χ1n) is 13.3. The molecule has 200 valence electrons. The first kappa shape index (κ1) is 25.9. The van der Waals surface area contributed by atoms with Crippen molar-refractivity contribution in [3.8, 4) is 0 Å². The van der Waals surface area contributed by atoms with E-state index in [0.717, 1.165) is 34.7 Å². The molecule has 2 aromatic rings. The van der Waals surface area contributed by atoms with Gasteiger partial charge in [-0.1, -0.05) is 36.4 Å². The second-order valence-electron chi connectivity index (χ2n) is 10.5. The number of hydrogen-bond donors (Lipinski definition) is 4. The number of aliphatic hydroxyl groups excluding tert-OH is 1. The molecule has 2 unspecified atom stereocenters. The fourth-order valence-corrected chi connectivity index (χ4v) is 5.78. The van der Waals surface area contributed by atoms with Gasteiger partial charge < -0.3 is 25.7 Å². The molecule has 0 saturated carbocycles. The second-order valence-corrected chi connectivity index (χ2v) is 10.5. The number of benzene rings is 2. The second kappa shape index (κ2) is 11.3. The quantitative estimate of drug-likeness (QED) is 0.437. The van der Waals surface area contributed by atoms with E-state index < -0.39 is 12.1 Å². The molecule has 3 aliphatic rings. The summed E-state index contributed by atoms with van der Waals surface area (Å²) in [6.07, 6.45) is 4.43. The lowest BCUT2D eigenvalue weighted by molar-refractivity contribution is -0.137. The van der Waals surface area contributed by atoms with E-state index in [9.17, 15) is 19.8 Å². The number of nitrogens with zero attached hydrogens (tertiary/aromatic N) is 3. The molecule has 3 heterocycles. The van der Waals surface area contributed by atoms with Crippen molar-refractivity contribution in [1.29, 1.82) is 0 Å². The summed E-state index contributed by atoms with van der Waals surface area (Å²) < 4.78 is 0. The SMILES string of the molecule is O=C(O)CCC1(C2CCN(C(=O)Cc3cccc(NC4=NCC(O)CN4)c3)CC2)C=c2ccccc2=NC1. The van der Waals surface area contributed by atoms with Gasteiger partial charge >= 0.3 is 5.97 Å². The van der Waals surface area contributed by atoms with Crippen molar-refractivity contribution in [3.63, 3.8) is 0 Å². The number of amides is 1. The number of hydrogen-bond acceptors (Lipinski definition) is 7. The van der Waals surface area contributed by atoms with Crippen molar-refractivity contribution in [3.05, 3.63) is 64.7 Å². The minimum Gasteiger partial charge on any atom is -0.481 e. The summed E-state index contributed by atoms with van der Waals surface area (Å²) in [6, 6.07) is 15.8. The molecule has 0 spiro atoms. The van der Waals surface area contributed by atoms with Gasteiger partial charge in [0.1, 0.15) is 0 Å². The molecule has 1 amide bonds. The maximum absolute atomic E-state index is 13.2. The number of carbonyl (C=O) groups is 2. The van der Waals surface area contributed by atoms with Crippen LogP contribution >= 0.6 is 0 Å². The van der Waals surface area contributed by atoms with E-state index in [1.165, 1.54) is 0 Å². The smallest absolute Gasteiger partial charge is 0.303 e. The van der Waals surface area contributed by atoms with Crippen molar-refractivity contribution >= 4 is 29.6 Å². The van der Waals surface area contributed by atoms with Crippen LogP contribution in [-0.2, 0) is 16.0 Å². The molecular weight excluding hydrogens is 482 g/mol. The van der Waals surface area contributed by atoms with Crippen molar-refractivity contribution in [2.75, 3.05) is 38.0 Å². The molecule has 0 bridgehead atoms. The number of anilines is 1. The third kappa shape index (κ3) is 6.05. The monoisotopic (exact) mass is 517 g/mol. The molecule has 0 aliphatic carbocycles. The summed E-state index contributed by atoms with van der Waals surface area (Å²) in [7, 11) is 0. The number of likely N-dealkylation sites (tertiary alicyclic amines) is 1. The van der Waals surface area contributed by atoms with Crippen LogP contribution in [0.2, 0.25) is 0 Å². The summed E-state index contributed by atoms with van der Waals surface area (Å²) in [4.78, 5) is 35.7. The zero-order chi connectivity index (χ0) is 26.5. The normalized spacial score (nSPS) is 23.2. The van der Waals surface area contributed by atoms with Gasteiger partial charge in [0.2, 0.25) is 5.91 Å². The van der Waals surface area contributed by atoms with Gasteiger partial charge in [0.25, 0.3) is 0 Å². The zero-order valence-corrected chi connectivity index (χ0v) is 21.5. The topological polar surface area (TPSA) is 127 Å². The van der Waals surface area contributed by atoms with Crippen molar-refractivity contribution in [1.82, 2.24) is 10.2 Å². The Morgan fingerprint density at radius 1 is 1.11 bits per heavy atom. The lowest BCUT2D eigenvalue weighted by Gasteiger charge is -2.43. The van der Waals surface area contributed by atoms with E-state index in [-0.39, 0.29) is 23.7 Å². The Hall–Kier alpha value is -3.72. The summed E-state index contributed by atoms with van der Waals surface area (Å²) in [5.74, 6) is 0.202. The summed E-state index contributed by atoms with van der Waals surface area (Å²) in [5.41, 5.74) is 1.47. The van der Waals surface area contributed by atoms with E-state index in [2.05, 4.69) is 27.8 Å². The van der Waals surface area contributed by atoms with Crippen LogP contribution in [0, 0.1) is 11.3 Å².